The Morgan fingerprint density at radius 3 is 2.73 bits per heavy atom. The Morgan fingerprint density at radius 1 is 1.18 bits per heavy atom. The van der Waals surface area contributed by atoms with Gasteiger partial charge in [-0.3, -0.25) is 9.78 Å². The van der Waals surface area contributed by atoms with Gasteiger partial charge in [-0.2, -0.15) is 0 Å². The number of aromatic nitrogens is 1. The van der Waals surface area contributed by atoms with Crippen LogP contribution < -0.4 is 5.32 Å². The molecular formula is C17H13ClN2O2. The number of amides is 1. The number of phenols is 1. The molecule has 110 valence electrons. The highest BCUT2D eigenvalue weighted by molar-refractivity contribution is 6.36. The van der Waals surface area contributed by atoms with Gasteiger partial charge in [0.15, 0.2) is 5.75 Å². The minimum absolute atomic E-state index is 0.118. The molecule has 4 nitrogen and oxygen atoms in total. The van der Waals surface area contributed by atoms with Crippen LogP contribution in [0.4, 0.5) is 0 Å². The lowest BCUT2D eigenvalue weighted by Gasteiger charge is -2.10. The Hall–Kier alpha value is -2.59. The smallest absolute Gasteiger partial charge is 0.255 e. The summed E-state index contributed by atoms with van der Waals surface area (Å²) in [6, 6.07) is 14.5. The fraction of sp³-hybridized carbons (Fsp3) is 0.0588. The summed E-state index contributed by atoms with van der Waals surface area (Å²) in [5, 5.41) is 14.0. The third-order valence-electron chi connectivity index (χ3n) is 3.36. The number of nitrogens with zero attached hydrogens (tertiary/aromatic N) is 1. The van der Waals surface area contributed by atoms with E-state index in [-0.39, 0.29) is 11.3 Å². The molecule has 0 unspecified atom stereocenters. The third-order valence-corrected chi connectivity index (χ3v) is 3.67. The molecule has 2 N–H and O–H groups in total. The maximum Gasteiger partial charge on any atom is 0.255 e. The molecule has 0 aliphatic heterocycles. The standard InChI is InChI=1S/C17H13ClN2O2/c18-14-9-13(16(21)15-12(14)7-4-8-19-15)17(22)20-10-11-5-2-1-3-6-11/h1-9,21H,10H2,(H,20,22). The van der Waals surface area contributed by atoms with Gasteiger partial charge >= 0.3 is 0 Å². The van der Waals surface area contributed by atoms with E-state index in [1.54, 1.807) is 18.3 Å². The average Bonchev–Trinajstić information content (AvgIpc) is 2.57. The van der Waals surface area contributed by atoms with Crippen molar-refractivity contribution in [2.45, 2.75) is 6.54 Å². The molecule has 5 heteroatoms. The third kappa shape index (κ3) is 2.73. The first-order valence-corrected chi connectivity index (χ1v) is 7.13. The van der Waals surface area contributed by atoms with Crippen molar-refractivity contribution in [2.75, 3.05) is 0 Å². The summed E-state index contributed by atoms with van der Waals surface area (Å²) in [4.78, 5) is 16.4. The number of pyridine rings is 1. The quantitative estimate of drug-likeness (QED) is 0.778. The van der Waals surface area contributed by atoms with E-state index in [9.17, 15) is 9.90 Å². The molecule has 1 aromatic heterocycles. The largest absolute Gasteiger partial charge is 0.505 e. The van der Waals surface area contributed by atoms with Gasteiger partial charge < -0.3 is 10.4 Å². The number of nitrogens with one attached hydrogen (secondary N) is 1. The summed E-state index contributed by atoms with van der Waals surface area (Å²) in [6.45, 7) is 0.372. The molecule has 3 rings (SSSR count). The van der Waals surface area contributed by atoms with Gasteiger partial charge in [0.05, 0.1) is 10.6 Å². The number of rotatable bonds is 3. The van der Waals surface area contributed by atoms with E-state index >= 15 is 0 Å². The van der Waals surface area contributed by atoms with Gasteiger partial charge in [-0.25, -0.2) is 0 Å². The number of hydrogen-bond donors (Lipinski definition) is 2. The minimum Gasteiger partial charge on any atom is -0.505 e. The second-order valence-electron chi connectivity index (χ2n) is 4.82. The van der Waals surface area contributed by atoms with E-state index in [1.165, 1.54) is 6.07 Å². The number of hydrogen-bond acceptors (Lipinski definition) is 3. The molecule has 1 heterocycles. The maximum absolute atomic E-state index is 12.3. The highest BCUT2D eigenvalue weighted by atomic mass is 35.5. The van der Waals surface area contributed by atoms with Crippen molar-refractivity contribution in [1.82, 2.24) is 10.3 Å². The van der Waals surface area contributed by atoms with Crippen molar-refractivity contribution in [3.05, 3.63) is 70.9 Å². The number of benzene rings is 2. The van der Waals surface area contributed by atoms with Gasteiger partial charge in [-0.1, -0.05) is 41.9 Å². The van der Waals surface area contributed by atoms with Gasteiger partial charge in [0.2, 0.25) is 0 Å². The Balaban J connectivity index is 1.89. The number of fused-ring (bicyclic) bond motifs is 1. The van der Waals surface area contributed by atoms with Crippen LogP contribution in [0, 0.1) is 0 Å². The van der Waals surface area contributed by atoms with E-state index in [2.05, 4.69) is 10.3 Å². The van der Waals surface area contributed by atoms with E-state index in [0.717, 1.165) is 5.56 Å². The van der Waals surface area contributed by atoms with Gasteiger partial charge in [-0.15, -0.1) is 0 Å². The van der Waals surface area contributed by atoms with Gasteiger partial charge in [0.25, 0.3) is 5.91 Å². The number of carbonyl (C=O) groups excluding carboxylic acids is 1. The first-order valence-electron chi connectivity index (χ1n) is 6.75. The summed E-state index contributed by atoms with van der Waals surface area (Å²) in [7, 11) is 0. The monoisotopic (exact) mass is 312 g/mol. The van der Waals surface area contributed by atoms with Gasteiger partial charge in [0, 0.05) is 18.1 Å². The summed E-state index contributed by atoms with van der Waals surface area (Å²) >= 11 is 6.16. The lowest BCUT2D eigenvalue weighted by Crippen LogP contribution is -2.23. The number of aromatic hydroxyl groups is 1. The highest BCUT2D eigenvalue weighted by Crippen LogP contribution is 2.32. The zero-order chi connectivity index (χ0) is 15.5. The molecule has 3 aromatic rings. The van der Waals surface area contributed by atoms with Crippen LogP contribution in [-0.2, 0) is 6.54 Å². The molecule has 0 radical (unpaired) electrons. The fourth-order valence-corrected chi connectivity index (χ4v) is 2.50. The summed E-state index contributed by atoms with van der Waals surface area (Å²) in [5.74, 6) is -0.554. The molecule has 0 fully saturated rings. The van der Waals surface area contributed by atoms with Crippen LogP contribution in [0.5, 0.6) is 5.75 Å². The van der Waals surface area contributed by atoms with E-state index in [1.807, 2.05) is 30.3 Å². The Labute approximate surface area is 132 Å². The van der Waals surface area contributed by atoms with Crippen LogP contribution in [-0.4, -0.2) is 16.0 Å². The second-order valence-corrected chi connectivity index (χ2v) is 5.23. The normalized spacial score (nSPS) is 10.6. The molecule has 0 saturated carbocycles. The Morgan fingerprint density at radius 2 is 1.95 bits per heavy atom. The topological polar surface area (TPSA) is 62.2 Å². The second kappa shape index (κ2) is 6.03. The molecule has 2 aromatic carbocycles. The predicted molar refractivity (Wildman–Crippen MR) is 86.0 cm³/mol. The molecule has 0 bridgehead atoms. The van der Waals surface area contributed by atoms with Crippen molar-refractivity contribution in [2.24, 2.45) is 0 Å². The zero-order valence-electron chi connectivity index (χ0n) is 11.6. The van der Waals surface area contributed by atoms with Crippen LogP contribution in [0.1, 0.15) is 15.9 Å². The summed E-state index contributed by atoms with van der Waals surface area (Å²) < 4.78 is 0. The zero-order valence-corrected chi connectivity index (χ0v) is 12.3. The molecule has 0 saturated heterocycles. The molecule has 0 atom stereocenters. The van der Waals surface area contributed by atoms with E-state index < -0.39 is 5.91 Å². The Bertz CT molecular complexity index is 835. The first kappa shape index (κ1) is 14.4. The average molecular weight is 313 g/mol. The van der Waals surface area contributed by atoms with E-state index in [4.69, 9.17) is 11.6 Å². The molecule has 0 spiro atoms. The van der Waals surface area contributed by atoms with Crippen molar-refractivity contribution in [3.8, 4) is 5.75 Å². The fourth-order valence-electron chi connectivity index (χ4n) is 2.23. The lowest BCUT2D eigenvalue weighted by atomic mass is 10.1. The van der Waals surface area contributed by atoms with Crippen LogP contribution in [0.3, 0.4) is 0 Å². The minimum atomic E-state index is -0.393. The van der Waals surface area contributed by atoms with Gasteiger partial charge in [0.1, 0.15) is 5.52 Å². The van der Waals surface area contributed by atoms with Crippen molar-refractivity contribution in [1.29, 1.82) is 0 Å². The molecular weight excluding hydrogens is 300 g/mol. The van der Waals surface area contributed by atoms with Crippen LogP contribution in [0.15, 0.2) is 54.7 Å². The molecule has 0 aliphatic carbocycles. The van der Waals surface area contributed by atoms with Crippen molar-refractivity contribution < 1.29 is 9.90 Å². The predicted octanol–water partition coefficient (Wildman–Crippen LogP) is 3.52. The molecule has 0 aliphatic rings. The highest BCUT2D eigenvalue weighted by Gasteiger charge is 2.17. The first-order chi connectivity index (χ1) is 10.7. The maximum atomic E-state index is 12.3. The van der Waals surface area contributed by atoms with Gasteiger partial charge in [-0.05, 0) is 23.8 Å². The van der Waals surface area contributed by atoms with Crippen molar-refractivity contribution >= 4 is 28.4 Å². The van der Waals surface area contributed by atoms with Crippen LogP contribution >= 0.6 is 11.6 Å². The molecule has 22 heavy (non-hydrogen) atoms. The van der Waals surface area contributed by atoms with Crippen LogP contribution in [0.2, 0.25) is 5.02 Å². The van der Waals surface area contributed by atoms with Crippen LogP contribution in [0.25, 0.3) is 10.9 Å². The number of halogens is 1. The lowest BCUT2D eigenvalue weighted by molar-refractivity contribution is 0.0948. The summed E-state index contributed by atoms with van der Waals surface area (Å²) in [6.07, 6.45) is 1.55. The summed E-state index contributed by atoms with van der Waals surface area (Å²) in [5.41, 5.74) is 1.41. The van der Waals surface area contributed by atoms with Crippen molar-refractivity contribution in [3.63, 3.8) is 0 Å². The number of phenolic OH excluding ortho intramolecular Hbond substituents is 1. The van der Waals surface area contributed by atoms with E-state index in [0.29, 0.717) is 22.5 Å². The Kier molecular flexibility index (Phi) is 3.94. The number of carbonyl (C=O) groups is 1. The molecule has 1 amide bonds. The SMILES string of the molecule is O=C(NCc1ccccc1)c1cc(Cl)c2cccnc2c1O.